The van der Waals surface area contributed by atoms with Gasteiger partial charge in [-0.15, -0.1) is 0 Å². The topological polar surface area (TPSA) is 71.8 Å². The van der Waals surface area contributed by atoms with Crippen molar-refractivity contribution in [3.63, 3.8) is 0 Å². The first-order valence-electron chi connectivity index (χ1n) is 3.49. The SMILES string of the molecule is COC(=O)c1ccc(C=NO)nc1. The van der Waals surface area contributed by atoms with Crippen LogP contribution in [0.5, 0.6) is 0 Å². The lowest BCUT2D eigenvalue weighted by atomic mass is 10.2. The summed E-state index contributed by atoms with van der Waals surface area (Å²) < 4.78 is 4.47. The van der Waals surface area contributed by atoms with E-state index in [1.54, 1.807) is 6.07 Å². The summed E-state index contributed by atoms with van der Waals surface area (Å²) in [5, 5.41) is 11.0. The van der Waals surface area contributed by atoms with Gasteiger partial charge in [-0.05, 0) is 12.1 Å². The molecule has 0 aromatic carbocycles. The van der Waals surface area contributed by atoms with Gasteiger partial charge in [-0.3, -0.25) is 4.98 Å². The number of carbonyl (C=O) groups excluding carboxylic acids is 1. The third kappa shape index (κ3) is 2.26. The molecule has 0 unspecified atom stereocenters. The number of nitrogens with zero attached hydrogens (tertiary/aromatic N) is 2. The van der Waals surface area contributed by atoms with Crippen LogP contribution in [0.15, 0.2) is 23.5 Å². The minimum absolute atomic E-state index is 0.359. The number of aromatic nitrogens is 1. The van der Waals surface area contributed by atoms with Crippen molar-refractivity contribution in [1.29, 1.82) is 0 Å². The third-order valence-corrected chi connectivity index (χ3v) is 1.40. The summed E-state index contributed by atoms with van der Waals surface area (Å²) in [6, 6.07) is 3.09. The van der Waals surface area contributed by atoms with Crippen molar-refractivity contribution >= 4 is 12.2 Å². The Kier molecular flexibility index (Phi) is 2.97. The van der Waals surface area contributed by atoms with Crippen LogP contribution in [-0.2, 0) is 4.74 Å². The molecule has 0 aliphatic rings. The Morgan fingerprint density at radius 1 is 1.69 bits per heavy atom. The average Bonchev–Trinajstić information content (AvgIpc) is 2.18. The van der Waals surface area contributed by atoms with Gasteiger partial charge in [0.15, 0.2) is 0 Å². The summed E-state index contributed by atoms with van der Waals surface area (Å²) in [6.07, 6.45) is 2.52. The highest BCUT2D eigenvalue weighted by molar-refractivity contribution is 5.89. The molecule has 1 N–H and O–H groups in total. The molecule has 1 aromatic heterocycles. The van der Waals surface area contributed by atoms with Crippen LogP contribution in [-0.4, -0.2) is 29.5 Å². The molecule has 1 aromatic rings. The molecule has 5 heteroatoms. The van der Waals surface area contributed by atoms with Crippen LogP contribution in [0.2, 0.25) is 0 Å². The summed E-state index contributed by atoms with van der Waals surface area (Å²) in [7, 11) is 1.30. The first kappa shape index (κ1) is 9.18. The highest BCUT2D eigenvalue weighted by Gasteiger charge is 2.03. The van der Waals surface area contributed by atoms with Crippen molar-refractivity contribution in [3.05, 3.63) is 29.6 Å². The van der Waals surface area contributed by atoms with Crippen LogP contribution in [0.1, 0.15) is 16.1 Å². The first-order valence-corrected chi connectivity index (χ1v) is 3.49. The van der Waals surface area contributed by atoms with Crippen molar-refractivity contribution in [2.45, 2.75) is 0 Å². The zero-order valence-corrected chi connectivity index (χ0v) is 6.97. The van der Waals surface area contributed by atoms with Gasteiger partial charge in [0, 0.05) is 6.20 Å². The molecular weight excluding hydrogens is 172 g/mol. The molecule has 68 valence electrons. The molecule has 13 heavy (non-hydrogen) atoms. The number of carbonyl (C=O) groups is 1. The molecule has 1 rings (SSSR count). The van der Waals surface area contributed by atoms with E-state index < -0.39 is 5.97 Å². The molecule has 0 spiro atoms. The van der Waals surface area contributed by atoms with Gasteiger partial charge in [0.2, 0.25) is 0 Å². The van der Waals surface area contributed by atoms with Gasteiger partial charge in [-0.25, -0.2) is 4.79 Å². The van der Waals surface area contributed by atoms with E-state index in [1.165, 1.54) is 25.6 Å². The second kappa shape index (κ2) is 4.20. The van der Waals surface area contributed by atoms with Gasteiger partial charge < -0.3 is 9.94 Å². The molecule has 0 fully saturated rings. The van der Waals surface area contributed by atoms with Crippen molar-refractivity contribution in [3.8, 4) is 0 Å². The van der Waals surface area contributed by atoms with E-state index in [0.29, 0.717) is 11.3 Å². The van der Waals surface area contributed by atoms with E-state index in [-0.39, 0.29) is 0 Å². The lowest BCUT2D eigenvalue weighted by molar-refractivity contribution is 0.0600. The van der Waals surface area contributed by atoms with Gasteiger partial charge in [-0.2, -0.15) is 0 Å². The minimum atomic E-state index is -0.444. The second-order valence-corrected chi connectivity index (χ2v) is 2.21. The molecule has 0 saturated carbocycles. The number of methoxy groups -OCH3 is 1. The highest BCUT2D eigenvalue weighted by Crippen LogP contribution is 2.00. The van der Waals surface area contributed by atoms with Crippen molar-refractivity contribution in [2.24, 2.45) is 5.16 Å². The fourth-order valence-electron chi connectivity index (χ4n) is 0.779. The number of hydrogen-bond donors (Lipinski definition) is 1. The Morgan fingerprint density at radius 2 is 2.46 bits per heavy atom. The van der Waals surface area contributed by atoms with Crippen LogP contribution in [0.3, 0.4) is 0 Å². The third-order valence-electron chi connectivity index (χ3n) is 1.40. The first-order chi connectivity index (χ1) is 6.27. The van der Waals surface area contributed by atoms with Crippen molar-refractivity contribution in [2.75, 3.05) is 7.11 Å². The lowest BCUT2D eigenvalue weighted by Crippen LogP contribution is -2.02. The van der Waals surface area contributed by atoms with E-state index in [4.69, 9.17) is 5.21 Å². The number of pyridine rings is 1. The van der Waals surface area contributed by atoms with Crippen LogP contribution >= 0.6 is 0 Å². The largest absolute Gasteiger partial charge is 0.465 e. The van der Waals surface area contributed by atoms with Crippen molar-refractivity contribution < 1.29 is 14.7 Å². The summed E-state index contributed by atoms with van der Waals surface area (Å²) in [5.74, 6) is -0.444. The number of hydrogen-bond acceptors (Lipinski definition) is 5. The summed E-state index contributed by atoms with van der Waals surface area (Å²) in [4.78, 5) is 14.8. The van der Waals surface area contributed by atoms with E-state index in [2.05, 4.69) is 14.9 Å². The standard InChI is InChI=1S/C8H8N2O3/c1-13-8(11)6-2-3-7(5-10-12)9-4-6/h2-5,12H,1H3. The minimum Gasteiger partial charge on any atom is -0.465 e. The Labute approximate surface area is 74.7 Å². The van der Waals surface area contributed by atoms with Crippen LogP contribution < -0.4 is 0 Å². The summed E-state index contributed by atoms with van der Waals surface area (Å²) in [5.41, 5.74) is 0.827. The number of oxime groups is 1. The Balaban J connectivity index is 2.87. The van der Waals surface area contributed by atoms with E-state index >= 15 is 0 Å². The van der Waals surface area contributed by atoms with Gasteiger partial charge in [0.1, 0.15) is 0 Å². The Hall–Kier alpha value is -1.91. The molecule has 0 atom stereocenters. The average molecular weight is 180 g/mol. The van der Waals surface area contributed by atoms with Crippen molar-refractivity contribution in [1.82, 2.24) is 4.98 Å². The van der Waals surface area contributed by atoms with E-state index in [1.807, 2.05) is 0 Å². The molecule has 0 saturated heterocycles. The molecule has 5 nitrogen and oxygen atoms in total. The van der Waals surface area contributed by atoms with Crippen LogP contribution in [0.25, 0.3) is 0 Å². The maximum Gasteiger partial charge on any atom is 0.339 e. The quantitative estimate of drug-likeness (QED) is 0.314. The molecule has 0 aliphatic carbocycles. The normalized spacial score (nSPS) is 10.2. The zero-order chi connectivity index (χ0) is 9.68. The molecular formula is C8H8N2O3. The predicted molar refractivity (Wildman–Crippen MR) is 45.0 cm³/mol. The maximum atomic E-state index is 10.9. The lowest BCUT2D eigenvalue weighted by Gasteiger charge is -1.97. The predicted octanol–water partition coefficient (Wildman–Crippen LogP) is 0.676. The van der Waals surface area contributed by atoms with E-state index in [0.717, 1.165) is 0 Å². The van der Waals surface area contributed by atoms with E-state index in [9.17, 15) is 4.79 Å². The molecule has 1 heterocycles. The Morgan fingerprint density at radius 3 is 2.92 bits per heavy atom. The van der Waals surface area contributed by atoms with Crippen LogP contribution in [0.4, 0.5) is 0 Å². The zero-order valence-electron chi connectivity index (χ0n) is 6.97. The molecule has 0 radical (unpaired) electrons. The van der Waals surface area contributed by atoms with Crippen LogP contribution in [0, 0.1) is 0 Å². The number of rotatable bonds is 2. The monoisotopic (exact) mass is 180 g/mol. The Bertz CT molecular complexity index is 319. The molecule has 0 aliphatic heterocycles. The molecule has 0 bridgehead atoms. The second-order valence-electron chi connectivity index (χ2n) is 2.21. The smallest absolute Gasteiger partial charge is 0.339 e. The maximum absolute atomic E-state index is 10.9. The summed E-state index contributed by atoms with van der Waals surface area (Å²) in [6.45, 7) is 0. The molecule has 0 amide bonds. The fraction of sp³-hybridized carbons (Fsp3) is 0.125. The highest BCUT2D eigenvalue weighted by atomic mass is 16.5. The van der Waals surface area contributed by atoms with Gasteiger partial charge in [0.25, 0.3) is 0 Å². The fourth-order valence-corrected chi connectivity index (χ4v) is 0.779. The van der Waals surface area contributed by atoms with Gasteiger partial charge in [0.05, 0.1) is 24.6 Å². The summed E-state index contributed by atoms with van der Waals surface area (Å²) >= 11 is 0. The number of esters is 1. The number of ether oxygens (including phenoxy) is 1. The van der Waals surface area contributed by atoms with Gasteiger partial charge in [-0.1, -0.05) is 5.16 Å². The van der Waals surface area contributed by atoms with Gasteiger partial charge >= 0.3 is 5.97 Å².